The van der Waals surface area contributed by atoms with Crippen molar-refractivity contribution in [3.05, 3.63) is 35.7 Å². The molecule has 33 heavy (non-hydrogen) atoms. The van der Waals surface area contributed by atoms with Crippen LogP contribution in [0.2, 0.25) is 0 Å². The van der Waals surface area contributed by atoms with Crippen LogP contribution >= 0.6 is 11.8 Å². The number of fused-ring (bicyclic) bond motifs is 1. The number of carbonyl (C=O) groups excluding carboxylic acids is 1. The number of rotatable bonds is 7. The highest BCUT2D eigenvalue weighted by Crippen LogP contribution is 2.31. The highest BCUT2D eigenvalue weighted by atomic mass is 32.2. The van der Waals surface area contributed by atoms with Gasteiger partial charge < -0.3 is 10.1 Å². The second kappa shape index (κ2) is 9.65. The Labute approximate surface area is 196 Å². The molecule has 0 aliphatic carbocycles. The monoisotopic (exact) mass is 490 g/mol. The van der Waals surface area contributed by atoms with Gasteiger partial charge in [-0.2, -0.15) is 9.29 Å². The van der Waals surface area contributed by atoms with E-state index in [2.05, 4.69) is 20.4 Å². The lowest BCUT2D eigenvalue weighted by Gasteiger charge is -2.26. The van der Waals surface area contributed by atoms with Crippen LogP contribution in [0.25, 0.3) is 5.78 Å². The van der Waals surface area contributed by atoms with Crippen LogP contribution in [0, 0.1) is 13.8 Å². The van der Waals surface area contributed by atoms with Crippen LogP contribution < -0.4 is 10.1 Å². The van der Waals surface area contributed by atoms with Gasteiger partial charge in [0.05, 0.1) is 12.9 Å². The summed E-state index contributed by atoms with van der Waals surface area (Å²) in [5.74, 6) is 0.499. The predicted molar refractivity (Wildman–Crippen MR) is 125 cm³/mol. The van der Waals surface area contributed by atoms with Gasteiger partial charge in [-0.1, -0.05) is 18.2 Å². The van der Waals surface area contributed by atoms with Crippen LogP contribution in [0.4, 0.5) is 5.69 Å². The van der Waals surface area contributed by atoms with Gasteiger partial charge in [0.1, 0.15) is 10.6 Å². The van der Waals surface area contributed by atoms with Gasteiger partial charge in [0.25, 0.3) is 5.78 Å². The van der Waals surface area contributed by atoms with Gasteiger partial charge in [-0.3, -0.25) is 4.79 Å². The van der Waals surface area contributed by atoms with Crippen molar-refractivity contribution in [3.63, 3.8) is 0 Å². The summed E-state index contributed by atoms with van der Waals surface area (Å²) in [5.41, 5.74) is 2.13. The van der Waals surface area contributed by atoms with Crippen LogP contribution in [-0.4, -0.2) is 64.2 Å². The van der Waals surface area contributed by atoms with Crippen molar-refractivity contribution in [3.8, 4) is 5.75 Å². The molecule has 3 aromatic rings. The van der Waals surface area contributed by atoms with Crippen molar-refractivity contribution >= 4 is 39.2 Å². The summed E-state index contributed by atoms with van der Waals surface area (Å²) in [7, 11) is -2.29. The zero-order valence-corrected chi connectivity index (χ0v) is 20.4. The Balaban J connectivity index is 1.47. The molecule has 1 aliphatic rings. The van der Waals surface area contributed by atoms with E-state index >= 15 is 0 Å². The SMILES string of the molecule is COc1ccc(NC(=O)CSc2nc3nc(C)cc(C)n3n2)cc1S(=O)(=O)N1CCCCC1. The maximum atomic E-state index is 13.2. The molecule has 12 heteroatoms. The number of thioether (sulfide) groups is 1. The summed E-state index contributed by atoms with van der Waals surface area (Å²) in [6.07, 6.45) is 2.69. The van der Waals surface area contributed by atoms with Gasteiger partial charge >= 0.3 is 0 Å². The molecule has 1 saturated heterocycles. The molecule has 1 amide bonds. The lowest BCUT2D eigenvalue weighted by molar-refractivity contribution is -0.113. The van der Waals surface area contributed by atoms with E-state index in [4.69, 9.17) is 4.74 Å². The largest absolute Gasteiger partial charge is 0.495 e. The average Bonchev–Trinajstić information content (AvgIpc) is 3.21. The summed E-state index contributed by atoms with van der Waals surface area (Å²) >= 11 is 1.18. The Bertz CT molecular complexity index is 1290. The molecule has 176 valence electrons. The number of anilines is 1. The van der Waals surface area contributed by atoms with Crippen LogP contribution in [0.3, 0.4) is 0 Å². The zero-order chi connectivity index (χ0) is 23.6. The summed E-state index contributed by atoms with van der Waals surface area (Å²) in [4.78, 5) is 21.3. The fraction of sp³-hybridized carbons (Fsp3) is 0.429. The topological polar surface area (TPSA) is 119 Å². The lowest BCUT2D eigenvalue weighted by atomic mass is 10.2. The highest BCUT2D eigenvalue weighted by Gasteiger charge is 2.29. The van der Waals surface area contributed by atoms with Gasteiger partial charge in [-0.05, 0) is 51.0 Å². The first kappa shape index (κ1) is 23.5. The van der Waals surface area contributed by atoms with Crippen LogP contribution in [0.1, 0.15) is 30.7 Å². The van der Waals surface area contributed by atoms with E-state index in [9.17, 15) is 13.2 Å². The van der Waals surface area contributed by atoms with E-state index in [-0.39, 0.29) is 22.3 Å². The Morgan fingerprint density at radius 1 is 1.15 bits per heavy atom. The Morgan fingerprint density at radius 2 is 1.91 bits per heavy atom. The molecule has 0 radical (unpaired) electrons. The molecule has 3 heterocycles. The second-order valence-electron chi connectivity index (χ2n) is 7.81. The van der Waals surface area contributed by atoms with E-state index in [1.807, 2.05) is 19.9 Å². The van der Waals surface area contributed by atoms with Gasteiger partial charge in [0.15, 0.2) is 0 Å². The molecule has 0 atom stereocenters. The maximum absolute atomic E-state index is 13.2. The number of hydrogen-bond acceptors (Lipinski definition) is 8. The van der Waals surface area contributed by atoms with Crippen molar-refractivity contribution in [2.75, 3.05) is 31.3 Å². The summed E-state index contributed by atoms with van der Waals surface area (Å²) in [6, 6.07) is 6.53. The van der Waals surface area contributed by atoms with Crippen LogP contribution in [-0.2, 0) is 14.8 Å². The van der Waals surface area contributed by atoms with Crippen molar-refractivity contribution in [1.29, 1.82) is 0 Å². The molecule has 0 bridgehead atoms. The van der Waals surface area contributed by atoms with E-state index in [1.165, 1.54) is 29.2 Å². The summed E-state index contributed by atoms with van der Waals surface area (Å²) in [6.45, 7) is 4.77. The highest BCUT2D eigenvalue weighted by molar-refractivity contribution is 7.99. The minimum absolute atomic E-state index is 0.0521. The molecule has 1 aromatic carbocycles. The fourth-order valence-corrected chi connectivity index (χ4v) is 6.05. The Kier molecular flexibility index (Phi) is 6.86. The molecular weight excluding hydrogens is 464 g/mol. The standard InChI is InChI=1S/C21H26N6O4S2/c1-14-11-15(2)27-20(22-14)24-21(25-27)32-13-19(28)23-16-7-8-17(31-3)18(12-16)33(29,30)26-9-5-4-6-10-26/h7-8,11-12H,4-6,9-10,13H2,1-3H3,(H,23,28). The lowest BCUT2D eigenvalue weighted by Crippen LogP contribution is -2.35. The van der Waals surface area contributed by atoms with Crippen LogP contribution in [0.15, 0.2) is 34.3 Å². The number of ether oxygens (including phenoxy) is 1. The van der Waals surface area contributed by atoms with Crippen molar-refractivity contribution < 1.29 is 17.9 Å². The van der Waals surface area contributed by atoms with E-state index in [0.717, 1.165) is 30.7 Å². The number of piperidine rings is 1. The molecule has 0 spiro atoms. The second-order valence-corrected chi connectivity index (χ2v) is 10.7. The predicted octanol–water partition coefficient (Wildman–Crippen LogP) is 2.66. The Morgan fingerprint density at radius 3 is 2.64 bits per heavy atom. The summed E-state index contributed by atoms with van der Waals surface area (Å²) in [5, 5.41) is 7.57. The number of nitrogens with one attached hydrogen (secondary N) is 1. The molecule has 1 aliphatic heterocycles. The van der Waals surface area contributed by atoms with Gasteiger partial charge in [-0.15, -0.1) is 5.10 Å². The smallest absolute Gasteiger partial charge is 0.253 e. The number of aromatic nitrogens is 4. The average molecular weight is 491 g/mol. The van der Waals surface area contributed by atoms with E-state index < -0.39 is 10.0 Å². The van der Waals surface area contributed by atoms with Crippen molar-refractivity contribution in [1.82, 2.24) is 23.9 Å². The number of amides is 1. The van der Waals surface area contributed by atoms with Gasteiger partial charge in [0.2, 0.25) is 21.1 Å². The maximum Gasteiger partial charge on any atom is 0.253 e. The first-order valence-corrected chi connectivity index (χ1v) is 13.0. The number of benzene rings is 1. The van der Waals surface area contributed by atoms with E-state index in [0.29, 0.717) is 29.7 Å². The molecule has 1 N–H and O–H groups in total. The Hall–Kier alpha value is -2.70. The van der Waals surface area contributed by atoms with E-state index in [1.54, 1.807) is 16.6 Å². The molecule has 0 unspecified atom stereocenters. The third-order valence-electron chi connectivity index (χ3n) is 5.31. The number of aryl methyl sites for hydroxylation is 2. The van der Waals surface area contributed by atoms with Crippen molar-refractivity contribution in [2.45, 2.75) is 43.2 Å². The molecular formula is C21H26N6O4S2. The third kappa shape index (κ3) is 5.12. The summed E-state index contributed by atoms with van der Waals surface area (Å²) < 4.78 is 34.7. The van der Waals surface area contributed by atoms with Crippen molar-refractivity contribution in [2.24, 2.45) is 0 Å². The minimum Gasteiger partial charge on any atom is -0.495 e. The first-order valence-electron chi connectivity index (χ1n) is 10.6. The van der Waals surface area contributed by atoms with Gasteiger partial charge in [0, 0.05) is 30.2 Å². The third-order valence-corrected chi connectivity index (χ3v) is 8.07. The number of carbonyl (C=O) groups is 1. The quantitative estimate of drug-likeness (QED) is 0.502. The molecule has 2 aromatic heterocycles. The normalized spacial score (nSPS) is 15.0. The molecule has 10 nitrogen and oxygen atoms in total. The molecule has 4 rings (SSSR count). The first-order chi connectivity index (χ1) is 15.8. The number of methoxy groups -OCH3 is 1. The number of sulfonamides is 1. The zero-order valence-electron chi connectivity index (χ0n) is 18.7. The number of hydrogen-bond donors (Lipinski definition) is 1. The fourth-order valence-electron chi connectivity index (χ4n) is 3.74. The molecule has 1 fully saturated rings. The number of nitrogens with zero attached hydrogens (tertiary/aromatic N) is 5. The van der Waals surface area contributed by atoms with Crippen LogP contribution in [0.5, 0.6) is 5.75 Å². The minimum atomic E-state index is -3.72. The van der Waals surface area contributed by atoms with Gasteiger partial charge in [-0.25, -0.2) is 17.9 Å². The molecule has 0 saturated carbocycles.